The lowest BCUT2D eigenvalue weighted by molar-refractivity contribution is 0.160. The van der Waals surface area contributed by atoms with E-state index in [4.69, 9.17) is 18.0 Å². The highest BCUT2D eigenvalue weighted by atomic mass is 32.1. The quantitative estimate of drug-likeness (QED) is 0.785. The van der Waals surface area contributed by atoms with Gasteiger partial charge in [-0.2, -0.15) is 0 Å². The number of piperidine rings is 1. The summed E-state index contributed by atoms with van der Waals surface area (Å²) in [5.41, 5.74) is 5.75. The predicted molar refractivity (Wildman–Crippen MR) is 66.7 cm³/mol. The van der Waals surface area contributed by atoms with Crippen molar-refractivity contribution >= 4 is 18.2 Å². The van der Waals surface area contributed by atoms with Gasteiger partial charge in [0.15, 0.2) is 4.77 Å². The number of H-pyrrole nitrogens is 1. The molecule has 1 aromatic rings. The van der Waals surface area contributed by atoms with E-state index in [1.54, 1.807) is 0 Å². The molecule has 0 spiro atoms. The van der Waals surface area contributed by atoms with Gasteiger partial charge < -0.3 is 5.73 Å². The molecule has 1 fully saturated rings. The average molecular weight is 241 g/mol. The molecule has 16 heavy (non-hydrogen) atoms. The molecule has 1 unspecified atom stereocenters. The molecule has 5 nitrogen and oxygen atoms in total. The van der Waals surface area contributed by atoms with Gasteiger partial charge in [0.25, 0.3) is 0 Å². The summed E-state index contributed by atoms with van der Waals surface area (Å²) in [5.74, 6) is 0.480. The molecule has 0 radical (unpaired) electrons. The van der Waals surface area contributed by atoms with Crippen LogP contribution in [0.1, 0.15) is 26.2 Å². The molecule has 0 bridgehead atoms. The molecule has 3 N–H and O–H groups in total. The number of likely N-dealkylation sites (tertiary alicyclic amines) is 1. The molecular weight excluding hydrogens is 222 g/mol. The zero-order valence-corrected chi connectivity index (χ0v) is 10.5. The number of hydrogen-bond donors (Lipinski definition) is 2. The predicted octanol–water partition coefficient (Wildman–Crippen LogP) is 1.40. The van der Waals surface area contributed by atoms with Gasteiger partial charge in [-0.3, -0.25) is 9.47 Å². The van der Waals surface area contributed by atoms with Crippen LogP contribution in [-0.2, 0) is 6.54 Å². The number of nitrogens with zero attached hydrogens (tertiary/aromatic N) is 3. The summed E-state index contributed by atoms with van der Waals surface area (Å²) >= 11 is 5.14. The summed E-state index contributed by atoms with van der Waals surface area (Å²) in [7, 11) is 0. The van der Waals surface area contributed by atoms with Crippen LogP contribution in [0.25, 0.3) is 0 Å². The second-order valence-corrected chi connectivity index (χ2v) is 4.83. The van der Waals surface area contributed by atoms with Crippen LogP contribution in [0.15, 0.2) is 0 Å². The summed E-state index contributed by atoms with van der Waals surface area (Å²) in [5, 5.41) is 6.64. The number of aromatic nitrogens is 3. The van der Waals surface area contributed by atoms with Crippen LogP contribution in [0.2, 0.25) is 0 Å². The number of anilines is 1. The van der Waals surface area contributed by atoms with Gasteiger partial charge in [0.2, 0.25) is 5.95 Å². The first kappa shape index (κ1) is 11.6. The number of aromatic amines is 1. The van der Waals surface area contributed by atoms with Gasteiger partial charge in [-0.05, 0) is 45.1 Å². The minimum atomic E-state index is 0.465. The van der Waals surface area contributed by atoms with Gasteiger partial charge in [-0.1, -0.05) is 6.42 Å². The van der Waals surface area contributed by atoms with E-state index in [1.165, 1.54) is 32.4 Å². The Morgan fingerprint density at radius 2 is 2.12 bits per heavy atom. The van der Waals surface area contributed by atoms with Crippen LogP contribution in [-0.4, -0.2) is 38.8 Å². The van der Waals surface area contributed by atoms with Gasteiger partial charge in [0.05, 0.1) is 0 Å². The molecule has 1 aliphatic heterocycles. The Labute approximate surface area is 101 Å². The van der Waals surface area contributed by atoms with Crippen molar-refractivity contribution in [3.63, 3.8) is 0 Å². The topological polar surface area (TPSA) is 62.9 Å². The normalized spacial score (nSPS) is 19.8. The van der Waals surface area contributed by atoms with Gasteiger partial charge >= 0.3 is 0 Å². The van der Waals surface area contributed by atoms with Crippen molar-refractivity contribution in [3.05, 3.63) is 4.77 Å². The van der Waals surface area contributed by atoms with Crippen LogP contribution < -0.4 is 5.73 Å². The summed E-state index contributed by atoms with van der Waals surface area (Å²) in [6.45, 7) is 5.42. The third kappa shape index (κ3) is 2.44. The Hall–Kier alpha value is -0.880. The lowest BCUT2D eigenvalue weighted by Crippen LogP contribution is -2.39. The van der Waals surface area contributed by atoms with E-state index in [2.05, 4.69) is 22.0 Å². The van der Waals surface area contributed by atoms with Crippen molar-refractivity contribution in [3.8, 4) is 0 Å². The first-order valence-corrected chi connectivity index (χ1v) is 6.24. The van der Waals surface area contributed by atoms with Gasteiger partial charge in [0, 0.05) is 12.6 Å². The maximum absolute atomic E-state index is 5.75. The highest BCUT2D eigenvalue weighted by Gasteiger charge is 2.18. The lowest BCUT2D eigenvalue weighted by Gasteiger charge is -2.32. The van der Waals surface area contributed by atoms with Crippen LogP contribution in [0, 0.1) is 4.77 Å². The third-order valence-corrected chi connectivity index (χ3v) is 3.56. The van der Waals surface area contributed by atoms with Crippen LogP contribution in [0.3, 0.4) is 0 Å². The molecule has 1 aromatic heterocycles. The molecular formula is C10H19N5S. The van der Waals surface area contributed by atoms with Gasteiger partial charge in [0.1, 0.15) is 0 Å². The van der Waals surface area contributed by atoms with Crippen molar-refractivity contribution in [2.45, 2.75) is 38.8 Å². The number of nitrogen functional groups attached to an aromatic ring is 1. The monoisotopic (exact) mass is 241 g/mol. The second-order valence-electron chi connectivity index (χ2n) is 4.44. The van der Waals surface area contributed by atoms with E-state index in [-0.39, 0.29) is 0 Å². The van der Waals surface area contributed by atoms with E-state index in [0.29, 0.717) is 16.8 Å². The fraction of sp³-hybridized carbons (Fsp3) is 0.800. The van der Waals surface area contributed by atoms with E-state index in [1.807, 2.05) is 4.57 Å². The van der Waals surface area contributed by atoms with E-state index in [9.17, 15) is 0 Å². The maximum Gasteiger partial charge on any atom is 0.220 e. The summed E-state index contributed by atoms with van der Waals surface area (Å²) in [6.07, 6.45) is 3.96. The molecule has 2 heterocycles. The number of rotatable bonds is 3. The first-order valence-electron chi connectivity index (χ1n) is 5.83. The highest BCUT2D eigenvalue weighted by molar-refractivity contribution is 7.71. The minimum absolute atomic E-state index is 0.465. The Morgan fingerprint density at radius 1 is 1.44 bits per heavy atom. The molecule has 0 saturated carbocycles. The Kier molecular flexibility index (Phi) is 3.60. The molecule has 0 aliphatic carbocycles. The Morgan fingerprint density at radius 3 is 2.69 bits per heavy atom. The summed E-state index contributed by atoms with van der Waals surface area (Å²) in [4.78, 5) is 2.50. The van der Waals surface area contributed by atoms with Gasteiger partial charge in [-0.25, -0.2) is 5.10 Å². The molecule has 0 amide bonds. The zero-order chi connectivity index (χ0) is 11.5. The van der Waals surface area contributed by atoms with Crippen molar-refractivity contribution in [1.82, 2.24) is 19.7 Å². The average Bonchev–Trinajstić information content (AvgIpc) is 2.62. The molecule has 6 heteroatoms. The molecule has 1 aliphatic rings. The molecule has 0 aromatic carbocycles. The third-order valence-electron chi connectivity index (χ3n) is 3.25. The number of hydrogen-bond acceptors (Lipinski definition) is 4. The summed E-state index contributed by atoms with van der Waals surface area (Å²) in [6, 6.07) is 0.465. The van der Waals surface area contributed by atoms with Crippen molar-refractivity contribution in [2.75, 3.05) is 18.8 Å². The lowest BCUT2D eigenvalue weighted by atomic mass is 10.1. The second kappa shape index (κ2) is 4.97. The van der Waals surface area contributed by atoms with Crippen molar-refractivity contribution < 1.29 is 0 Å². The van der Waals surface area contributed by atoms with E-state index >= 15 is 0 Å². The van der Waals surface area contributed by atoms with Crippen LogP contribution in [0.5, 0.6) is 0 Å². The first-order chi connectivity index (χ1) is 7.68. The van der Waals surface area contributed by atoms with E-state index < -0.39 is 0 Å². The van der Waals surface area contributed by atoms with E-state index in [0.717, 1.165) is 6.54 Å². The number of nitrogens with one attached hydrogen (secondary N) is 1. The highest BCUT2D eigenvalue weighted by Crippen LogP contribution is 2.14. The van der Waals surface area contributed by atoms with Crippen molar-refractivity contribution in [1.29, 1.82) is 0 Å². The zero-order valence-electron chi connectivity index (χ0n) is 9.65. The van der Waals surface area contributed by atoms with Gasteiger partial charge in [-0.15, -0.1) is 5.10 Å². The standard InChI is InChI=1S/C10H19N5S/c1-8(14-5-3-2-4-6-14)7-15-9(11)12-13-10(15)16/h8H,2-7H2,1H3,(H2,11,12)(H,13,16). The number of nitrogens with two attached hydrogens (primary N) is 1. The minimum Gasteiger partial charge on any atom is -0.368 e. The SMILES string of the molecule is CC(Cn1c(N)n[nH]c1=S)N1CCCCC1. The maximum atomic E-state index is 5.75. The fourth-order valence-corrected chi connectivity index (χ4v) is 2.46. The Bertz CT molecular complexity index is 390. The van der Waals surface area contributed by atoms with Crippen molar-refractivity contribution in [2.24, 2.45) is 0 Å². The molecule has 2 rings (SSSR count). The molecule has 1 atom stereocenters. The van der Waals surface area contributed by atoms with Crippen LogP contribution in [0.4, 0.5) is 5.95 Å². The fourth-order valence-electron chi connectivity index (χ4n) is 2.25. The molecule has 1 saturated heterocycles. The largest absolute Gasteiger partial charge is 0.368 e. The summed E-state index contributed by atoms with van der Waals surface area (Å²) < 4.78 is 2.48. The smallest absolute Gasteiger partial charge is 0.220 e. The van der Waals surface area contributed by atoms with Crippen LogP contribution >= 0.6 is 12.2 Å². The Balaban J connectivity index is 2.01. The molecule has 90 valence electrons.